The number of rotatable bonds is 1. The quantitative estimate of drug-likeness (QED) is 0.762. The van der Waals surface area contributed by atoms with E-state index >= 15 is 0 Å². The Morgan fingerprint density at radius 3 is 2.63 bits per heavy atom. The number of para-hydroxylation sites is 2. The molecule has 0 fully saturated rings. The highest BCUT2D eigenvalue weighted by atomic mass is 16.5. The Labute approximate surface area is 110 Å². The predicted octanol–water partition coefficient (Wildman–Crippen LogP) is 1.91. The number of ether oxygens (including phenoxy) is 1. The van der Waals surface area contributed by atoms with Crippen molar-refractivity contribution in [2.75, 3.05) is 23.0 Å². The average Bonchev–Trinajstić information content (AvgIpc) is 2.40. The summed E-state index contributed by atoms with van der Waals surface area (Å²) in [5.74, 6) is 0.452. The SMILES string of the molecule is Nc1ccc2c(c1)N(c1ccccc1N)C(=O)CO2. The van der Waals surface area contributed by atoms with E-state index in [1.165, 1.54) is 0 Å². The van der Waals surface area contributed by atoms with Gasteiger partial charge in [0.25, 0.3) is 5.91 Å². The van der Waals surface area contributed by atoms with Crippen LogP contribution >= 0.6 is 0 Å². The maximum atomic E-state index is 12.1. The number of nitrogens with zero attached hydrogens (tertiary/aromatic N) is 1. The van der Waals surface area contributed by atoms with E-state index in [1.54, 1.807) is 35.2 Å². The molecular formula is C14H13N3O2. The molecule has 96 valence electrons. The Kier molecular flexibility index (Phi) is 2.52. The van der Waals surface area contributed by atoms with Crippen molar-refractivity contribution in [3.63, 3.8) is 0 Å². The first kappa shape index (κ1) is 11.4. The number of hydrogen-bond donors (Lipinski definition) is 2. The smallest absolute Gasteiger partial charge is 0.269 e. The van der Waals surface area contributed by atoms with Crippen molar-refractivity contribution in [2.24, 2.45) is 0 Å². The van der Waals surface area contributed by atoms with Crippen LogP contribution in [0.25, 0.3) is 0 Å². The van der Waals surface area contributed by atoms with E-state index in [9.17, 15) is 4.79 Å². The Morgan fingerprint density at radius 1 is 1.05 bits per heavy atom. The van der Waals surface area contributed by atoms with Gasteiger partial charge in [-0.1, -0.05) is 12.1 Å². The van der Waals surface area contributed by atoms with E-state index in [0.29, 0.717) is 28.5 Å². The van der Waals surface area contributed by atoms with Crippen molar-refractivity contribution < 1.29 is 9.53 Å². The van der Waals surface area contributed by atoms with E-state index in [4.69, 9.17) is 16.2 Å². The van der Waals surface area contributed by atoms with Gasteiger partial charge in [0, 0.05) is 5.69 Å². The predicted molar refractivity (Wildman–Crippen MR) is 74.3 cm³/mol. The normalized spacial score (nSPS) is 13.9. The van der Waals surface area contributed by atoms with Gasteiger partial charge in [-0.3, -0.25) is 9.69 Å². The lowest BCUT2D eigenvalue weighted by Gasteiger charge is -2.30. The van der Waals surface area contributed by atoms with Crippen molar-refractivity contribution in [3.8, 4) is 5.75 Å². The summed E-state index contributed by atoms with van der Waals surface area (Å²) in [5.41, 5.74) is 14.1. The van der Waals surface area contributed by atoms with Crippen LogP contribution in [0, 0.1) is 0 Å². The zero-order chi connectivity index (χ0) is 13.4. The van der Waals surface area contributed by atoms with Crippen molar-refractivity contribution in [2.45, 2.75) is 0 Å². The van der Waals surface area contributed by atoms with Crippen LogP contribution in [0.15, 0.2) is 42.5 Å². The van der Waals surface area contributed by atoms with Gasteiger partial charge in [-0.05, 0) is 30.3 Å². The number of nitrogen functional groups attached to an aromatic ring is 2. The second kappa shape index (κ2) is 4.20. The molecule has 0 spiro atoms. The molecule has 1 aliphatic rings. The Hall–Kier alpha value is -2.69. The molecule has 0 aliphatic carbocycles. The minimum absolute atomic E-state index is 0.00868. The van der Waals surface area contributed by atoms with Crippen LogP contribution in [-0.4, -0.2) is 12.5 Å². The van der Waals surface area contributed by atoms with Gasteiger partial charge in [-0.25, -0.2) is 0 Å². The van der Waals surface area contributed by atoms with E-state index in [2.05, 4.69) is 0 Å². The average molecular weight is 255 g/mol. The zero-order valence-electron chi connectivity index (χ0n) is 10.2. The number of amides is 1. The van der Waals surface area contributed by atoms with Crippen molar-refractivity contribution in [1.29, 1.82) is 0 Å². The zero-order valence-corrected chi connectivity index (χ0v) is 10.2. The molecule has 4 N–H and O–H groups in total. The molecule has 0 unspecified atom stereocenters. The lowest BCUT2D eigenvalue weighted by molar-refractivity contribution is -0.120. The summed E-state index contributed by atoms with van der Waals surface area (Å²) < 4.78 is 5.39. The van der Waals surface area contributed by atoms with Gasteiger partial charge in [0.1, 0.15) is 5.75 Å². The number of anilines is 4. The van der Waals surface area contributed by atoms with Crippen LogP contribution in [0.3, 0.4) is 0 Å². The first-order valence-corrected chi connectivity index (χ1v) is 5.86. The van der Waals surface area contributed by atoms with Crippen molar-refractivity contribution in [3.05, 3.63) is 42.5 Å². The number of hydrogen-bond acceptors (Lipinski definition) is 4. The molecule has 5 nitrogen and oxygen atoms in total. The maximum absolute atomic E-state index is 12.1. The highest BCUT2D eigenvalue weighted by molar-refractivity contribution is 6.06. The summed E-state index contributed by atoms with van der Waals surface area (Å²) in [6.07, 6.45) is 0. The van der Waals surface area contributed by atoms with Gasteiger partial charge in [0.05, 0.1) is 17.1 Å². The van der Waals surface area contributed by atoms with Crippen LogP contribution in [0.4, 0.5) is 22.7 Å². The van der Waals surface area contributed by atoms with E-state index in [0.717, 1.165) is 0 Å². The summed E-state index contributed by atoms with van der Waals surface area (Å²) in [6.45, 7) is -0.00868. The van der Waals surface area contributed by atoms with Gasteiger partial charge >= 0.3 is 0 Å². The topological polar surface area (TPSA) is 81.6 Å². The third kappa shape index (κ3) is 1.85. The Bertz CT molecular complexity index is 655. The van der Waals surface area contributed by atoms with Crippen LogP contribution < -0.4 is 21.1 Å². The van der Waals surface area contributed by atoms with Gasteiger partial charge in [0.2, 0.25) is 0 Å². The summed E-state index contributed by atoms with van der Waals surface area (Å²) in [7, 11) is 0. The maximum Gasteiger partial charge on any atom is 0.269 e. The molecule has 0 bridgehead atoms. The minimum Gasteiger partial charge on any atom is -0.482 e. The molecule has 1 amide bonds. The summed E-state index contributed by atoms with van der Waals surface area (Å²) >= 11 is 0. The molecule has 0 aromatic heterocycles. The minimum atomic E-state index is -0.170. The van der Waals surface area contributed by atoms with E-state index in [1.807, 2.05) is 12.1 Å². The van der Waals surface area contributed by atoms with Crippen molar-refractivity contribution >= 4 is 28.7 Å². The fourth-order valence-corrected chi connectivity index (χ4v) is 2.12. The molecule has 5 heteroatoms. The molecule has 0 atom stereocenters. The Morgan fingerprint density at radius 2 is 1.84 bits per heavy atom. The highest BCUT2D eigenvalue weighted by Crippen LogP contribution is 2.40. The number of carbonyl (C=O) groups is 1. The molecule has 0 saturated heterocycles. The summed E-state index contributed by atoms with van der Waals surface area (Å²) in [4.78, 5) is 13.7. The van der Waals surface area contributed by atoms with Gasteiger partial charge in [-0.15, -0.1) is 0 Å². The summed E-state index contributed by atoms with van der Waals surface area (Å²) in [5, 5.41) is 0. The third-order valence-electron chi connectivity index (χ3n) is 3.00. The highest BCUT2D eigenvalue weighted by Gasteiger charge is 2.28. The van der Waals surface area contributed by atoms with Gasteiger partial charge in [0.15, 0.2) is 6.61 Å². The van der Waals surface area contributed by atoms with Crippen molar-refractivity contribution in [1.82, 2.24) is 0 Å². The van der Waals surface area contributed by atoms with Crippen LogP contribution in [0.1, 0.15) is 0 Å². The lowest BCUT2D eigenvalue weighted by atomic mass is 10.1. The van der Waals surface area contributed by atoms with Gasteiger partial charge < -0.3 is 16.2 Å². The monoisotopic (exact) mass is 255 g/mol. The van der Waals surface area contributed by atoms with E-state index in [-0.39, 0.29) is 12.5 Å². The molecule has 2 aromatic carbocycles. The fraction of sp³-hybridized carbons (Fsp3) is 0.0714. The number of nitrogens with two attached hydrogens (primary N) is 2. The first-order chi connectivity index (χ1) is 9.16. The molecule has 0 radical (unpaired) electrons. The van der Waals surface area contributed by atoms with Crippen LogP contribution in [-0.2, 0) is 4.79 Å². The number of fused-ring (bicyclic) bond motifs is 1. The molecule has 2 aromatic rings. The lowest BCUT2D eigenvalue weighted by Crippen LogP contribution is -2.35. The molecule has 1 aliphatic heterocycles. The largest absolute Gasteiger partial charge is 0.482 e. The first-order valence-electron chi connectivity index (χ1n) is 5.86. The van der Waals surface area contributed by atoms with E-state index < -0.39 is 0 Å². The molecule has 19 heavy (non-hydrogen) atoms. The number of benzene rings is 2. The standard InChI is InChI=1S/C14H13N3O2/c15-9-5-6-13-12(7-9)17(14(18)8-19-13)11-4-2-1-3-10(11)16/h1-7H,8,15-16H2. The molecule has 0 saturated carbocycles. The third-order valence-corrected chi connectivity index (χ3v) is 3.00. The van der Waals surface area contributed by atoms with Crippen LogP contribution in [0.5, 0.6) is 5.75 Å². The summed E-state index contributed by atoms with van der Waals surface area (Å²) in [6, 6.07) is 12.4. The fourth-order valence-electron chi connectivity index (χ4n) is 2.12. The second-order valence-corrected chi connectivity index (χ2v) is 4.30. The molecular weight excluding hydrogens is 242 g/mol. The Balaban J connectivity index is 2.19. The second-order valence-electron chi connectivity index (χ2n) is 4.30. The van der Waals surface area contributed by atoms with Crippen LogP contribution in [0.2, 0.25) is 0 Å². The van der Waals surface area contributed by atoms with Gasteiger partial charge in [-0.2, -0.15) is 0 Å². The molecule has 1 heterocycles. The molecule has 3 rings (SSSR count). The number of carbonyl (C=O) groups excluding carboxylic acids is 1.